The molecular weight excluding hydrogens is 344 g/mol. The van der Waals surface area contributed by atoms with E-state index >= 15 is 0 Å². The summed E-state index contributed by atoms with van der Waals surface area (Å²) < 4.78 is 10.5. The van der Waals surface area contributed by atoms with E-state index in [1.165, 1.54) is 7.11 Å². The van der Waals surface area contributed by atoms with Gasteiger partial charge < -0.3 is 19.0 Å². The fourth-order valence-electron chi connectivity index (χ4n) is 2.85. The molecule has 0 saturated carbocycles. The number of halogens is 1. The molecule has 1 aliphatic rings. The van der Waals surface area contributed by atoms with E-state index in [-0.39, 0.29) is 17.8 Å². The third-order valence-electron chi connectivity index (χ3n) is 4.17. The Morgan fingerprint density at radius 2 is 1.76 bits per heavy atom. The second kappa shape index (κ2) is 7.61. The fraction of sp³-hybridized carbons (Fsp3) is 0.333. The highest BCUT2D eigenvalue weighted by atomic mass is 35.5. The van der Waals surface area contributed by atoms with E-state index in [1.807, 2.05) is 18.2 Å². The van der Waals surface area contributed by atoms with Crippen LogP contribution in [0.2, 0.25) is 5.02 Å². The first-order valence-electron chi connectivity index (χ1n) is 8.07. The van der Waals surface area contributed by atoms with Gasteiger partial charge in [-0.25, -0.2) is 4.79 Å². The molecule has 2 amide bonds. The molecule has 0 radical (unpaired) electrons. The summed E-state index contributed by atoms with van der Waals surface area (Å²) in [5.74, 6) is 0.631. The lowest BCUT2D eigenvalue weighted by molar-refractivity contribution is 0.0726. The van der Waals surface area contributed by atoms with Gasteiger partial charge in [0.25, 0.3) is 5.91 Å². The van der Waals surface area contributed by atoms with E-state index in [0.717, 1.165) is 5.56 Å². The van der Waals surface area contributed by atoms with Crippen molar-refractivity contribution in [3.05, 3.63) is 47.2 Å². The molecule has 1 fully saturated rings. The van der Waals surface area contributed by atoms with Crippen molar-refractivity contribution in [3.63, 3.8) is 0 Å². The van der Waals surface area contributed by atoms with Crippen molar-refractivity contribution >= 4 is 23.6 Å². The first-order valence-corrected chi connectivity index (χ1v) is 8.45. The minimum Gasteiger partial charge on any atom is -0.453 e. The van der Waals surface area contributed by atoms with E-state index in [4.69, 9.17) is 20.8 Å². The highest BCUT2D eigenvalue weighted by Gasteiger charge is 2.25. The van der Waals surface area contributed by atoms with Crippen LogP contribution >= 0.6 is 11.6 Å². The van der Waals surface area contributed by atoms with Gasteiger partial charge in [-0.2, -0.15) is 0 Å². The van der Waals surface area contributed by atoms with Crippen molar-refractivity contribution in [2.75, 3.05) is 33.3 Å². The highest BCUT2D eigenvalue weighted by Crippen LogP contribution is 2.29. The molecule has 2 aromatic rings. The maximum Gasteiger partial charge on any atom is 0.409 e. The quantitative estimate of drug-likeness (QED) is 0.820. The van der Waals surface area contributed by atoms with Gasteiger partial charge in [0.1, 0.15) is 5.76 Å². The van der Waals surface area contributed by atoms with Crippen LogP contribution in [0.1, 0.15) is 17.0 Å². The van der Waals surface area contributed by atoms with Gasteiger partial charge in [0.15, 0.2) is 5.76 Å². The van der Waals surface area contributed by atoms with E-state index in [0.29, 0.717) is 43.4 Å². The SMILES string of the molecule is COC(=O)N1CCCN(C(=O)c2ccc(-c3ccccc3Cl)o2)CC1. The molecule has 0 spiro atoms. The van der Waals surface area contributed by atoms with E-state index in [2.05, 4.69) is 0 Å². The summed E-state index contributed by atoms with van der Waals surface area (Å²) in [5.41, 5.74) is 0.746. The van der Waals surface area contributed by atoms with Crippen molar-refractivity contribution < 1.29 is 18.7 Å². The third kappa shape index (κ3) is 3.79. The predicted octanol–water partition coefficient (Wildman–Crippen LogP) is 3.51. The summed E-state index contributed by atoms with van der Waals surface area (Å²) in [7, 11) is 1.36. The fourth-order valence-corrected chi connectivity index (χ4v) is 3.08. The number of ether oxygens (including phenoxy) is 1. The number of hydrogen-bond acceptors (Lipinski definition) is 4. The molecule has 0 aliphatic carbocycles. The zero-order chi connectivity index (χ0) is 17.8. The normalized spacial score (nSPS) is 15.0. The van der Waals surface area contributed by atoms with Crippen LogP contribution in [0.4, 0.5) is 4.79 Å². The Kier molecular flexibility index (Phi) is 5.28. The Labute approximate surface area is 150 Å². The zero-order valence-electron chi connectivity index (χ0n) is 13.9. The number of furan rings is 1. The van der Waals surface area contributed by atoms with Crippen molar-refractivity contribution in [1.29, 1.82) is 0 Å². The van der Waals surface area contributed by atoms with Gasteiger partial charge in [-0.05, 0) is 30.7 Å². The highest BCUT2D eigenvalue weighted by molar-refractivity contribution is 6.33. The number of amides is 2. The largest absolute Gasteiger partial charge is 0.453 e. The summed E-state index contributed by atoms with van der Waals surface area (Å²) >= 11 is 6.17. The molecule has 6 nitrogen and oxygen atoms in total. The van der Waals surface area contributed by atoms with Gasteiger partial charge in [0, 0.05) is 31.7 Å². The molecule has 3 rings (SSSR count). The molecule has 0 N–H and O–H groups in total. The van der Waals surface area contributed by atoms with Gasteiger partial charge in [-0.15, -0.1) is 0 Å². The van der Waals surface area contributed by atoms with Gasteiger partial charge in [-0.3, -0.25) is 4.79 Å². The van der Waals surface area contributed by atoms with Crippen LogP contribution < -0.4 is 0 Å². The number of benzene rings is 1. The monoisotopic (exact) mass is 362 g/mol. The summed E-state index contributed by atoms with van der Waals surface area (Å²) in [6.07, 6.45) is 0.326. The molecule has 7 heteroatoms. The average molecular weight is 363 g/mol. The number of carbonyl (C=O) groups is 2. The second-order valence-electron chi connectivity index (χ2n) is 5.75. The molecule has 25 heavy (non-hydrogen) atoms. The standard InChI is InChI=1S/C18H19ClN2O4/c1-24-18(23)21-10-4-9-20(11-12-21)17(22)16-8-7-15(25-16)13-5-2-3-6-14(13)19/h2-3,5-8H,4,9-12H2,1H3. The maximum absolute atomic E-state index is 12.7. The van der Waals surface area contributed by atoms with E-state index < -0.39 is 0 Å². The Balaban J connectivity index is 1.72. The minimum absolute atomic E-state index is 0.190. The van der Waals surface area contributed by atoms with Gasteiger partial charge >= 0.3 is 6.09 Å². The predicted molar refractivity (Wildman–Crippen MR) is 93.7 cm³/mol. The molecule has 132 valence electrons. The summed E-state index contributed by atoms with van der Waals surface area (Å²) in [6.45, 7) is 2.01. The van der Waals surface area contributed by atoms with Crippen molar-refractivity contribution in [2.45, 2.75) is 6.42 Å². The molecule has 1 aromatic carbocycles. The number of carbonyl (C=O) groups excluding carboxylic acids is 2. The number of hydrogen-bond donors (Lipinski definition) is 0. The molecule has 0 atom stereocenters. The van der Waals surface area contributed by atoms with Crippen LogP contribution in [-0.4, -0.2) is 55.1 Å². The molecule has 0 unspecified atom stereocenters. The molecule has 1 saturated heterocycles. The summed E-state index contributed by atoms with van der Waals surface area (Å²) in [6, 6.07) is 10.7. The number of nitrogens with zero attached hydrogens (tertiary/aromatic N) is 2. The first-order chi connectivity index (χ1) is 12.1. The van der Waals surface area contributed by atoms with Crippen molar-refractivity contribution in [2.24, 2.45) is 0 Å². The Hall–Kier alpha value is -2.47. The second-order valence-corrected chi connectivity index (χ2v) is 6.15. The minimum atomic E-state index is -0.367. The number of methoxy groups -OCH3 is 1. The Morgan fingerprint density at radius 3 is 2.52 bits per heavy atom. The van der Waals surface area contributed by atoms with Gasteiger partial charge in [-0.1, -0.05) is 23.7 Å². The number of rotatable bonds is 2. The van der Waals surface area contributed by atoms with Gasteiger partial charge in [0.2, 0.25) is 0 Å². The van der Waals surface area contributed by atoms with Crippen LogP contribution in [0.5, 0.6) is 0 Å². The first kappa shape index (κ1) is 17.4. The van der Waals surface area contributed by atoms with Crippen LogP contribution in [0.25, 0.3) is 11.3 Å². The molecule has 1 aromatic heterocycles. The van der Waals surface area contributed by atoms with E-state index in [1.54, 1.807) is 28.0 Å². The van der Waals surface area contributed by atoms with Crippen molar-refractivity contribution in [3.8, 4) is 11.3 Å². The van der Waals surface area contributed by atoms with Crippen LogP contribution in [0, 0.1) is 0 Å². The lowest BCUT2D eigenvalue weighted by Crippen LogP contribution is -2.37. The van der Waals surface area contributed by atoms with Crippen LogP contribution in [0.3, 0.4) is 0 Å². The smallest absolute Gasteiger partial charge is 0.409 e. The summed E-state index contributed by atoms with van der Waals surface area (Å²) in [4.78, 5) is 27.6. The zero-order valence-corrected chi connectivity index (χ0v) is 14.7. The average Bonchev–Trinajstić information content (AvgIpc) is 2.98. The Morgan fingerprint density at radius 1 is 1.04 bits per heavy atom. The maximum atomic E-state index is 12.7. The van der Waals surface area contributed by atoms with Crippen LogP contribution in [-0.2, 0) is 4.74 Å². The Bertz CT molecular complexity index is 774. The summed E-state index contributed by atoms with van der Waals surface area (Å²) in [5, 5.41) is 0.569. The lowest BCUT2D eigenvalue weighted by atomic mass is 10.2. The van der Waals surface area contributed by atoms with Gasteiger partial charge in [0.05, 0.1) is 12.1 Å². The van der Waals surface area contributed by atoms with Crippen molar-refractivity contribution in [1.82, 2.24) is 9.80 Å². The molecule has 2 heterocycles. The molecular formula is C18H19ClN2O4. The van der Waals surface area contributed by atoms with Crippen LogP contribution in [0.15, 0.2) is 40.8 Å². The lowest BCUT2D eigenvalue weighted by Gasteiger charge is -2.20. The molecule has 0 bridgehead atoms. The molecule has 1 aliphatic heterocycles. The topological polar surface area (TPSA) is 63.0 Å². The third-order valence-corrected chi connectivity index (χ3v) is 4.50. The van der Waals surface area contributed by atoms with E-state index in [9.17, 15) is 9.59 Å².